The largest absolute Gasteiger partial charge is 0.444 e. The van der Waals surface area contributed by atoms with E-state index in [1.54, 1.807) is 20.8 Å². The van der Waals surface area contributed by atoms with E-state index in [2.05, 4.69) is 10.2 Å². The zero-order valence-corrected chi connectivity index (χ0v) is 11.6. The Morgan fingerprint density at radius 3 is 2.55 bits per heavy atom. The summed E-state index contributed by atoms with van der Waals surface area (Å²) in [7, 11) is 0. The normalized spacial score (nSPS) is 11.3. The van der Waals surface area contributed by atoms with Gasteiger partial charge in [-0.05, 0) is 44.9 Å². The molecule has 1 rings (SSSR count). The topological polar surface area (TPSA) is 73.6 Å². The molecule has 1 aromatic rings. The van der Waals surface area contributed by atoms with Gasteiger partial charge in [-0.3, -0.25) is 5.32 Å². The van der Waals surface area contributed by atoms with Gasteiger partial charge in [0, 0.05) is 0 Å². The zero-order chi connectivity index (χ0) is 15.3. The molecule has 5 nitrogen and oxygen atoms in total. The maximum atomic E-state index is 13.6. The lowest BCUT2D eigenvalue weighted by atomic mass is 10.1. The Labute approximate surface area is 116 Å². The van der Waals surface area contributed by atoms with Crippen LogP contribution in [-0.2, 0) is 16.0 Å². The summed E-state index contributed by atoms with van der Waals surface area (Å²) in [6.07, 6.45) is -0.570. The minimum atomic E-state index is -1.15. The van der Waals surface area contributed by atoms with Gasteiger partial charge in [-0.25, -0.2) is 19.5 Å². The summed E-state index contributed by atoms with van der Waals surface area (Å²) < 4.78 is 32.0. The Morgan fingerprint density at radius 2 is 2.00 bits per heavy atom. The molecule has 0 fully saturated rings. The lowest BCUT2D eigenvalue weighted by Crippen LogP contribution is -2.27. The molecule has 0 spiro atoms. The van der Waals surface area contributed by atoms with Gasteiger partial charge in [-0.2, -0.15) is 0 Å². The molecular formula is C13H18F2N2O3. The quantitative estimate of drug-likeness (QED) is 0.835. The van der Waals surface area contributed by atoms with Gasteiger partial charge in [0.05, 0.1) is 12.3 Å². The summed E-state index contributed by atoms with van der Waals surface area (Å²) in [5.41, 5.74) is -0.573. The SMILES string of the molecule is CC(C)(C)OC(=O)Nc1cc(CCON)cc(F)c1F. The van der Waals surface area contributed by atoms with Crippen molar-refractivity contribution < 1.29 is 23.1 Å². The standard InChI is InChI=1S/C13H18F2N2O3/c1-13(2,3)20-12(18)17-10-7-8(4-5-19-16)6-9(14)11(10)15/h6-7H,4-5,16H2,1-3H3,(H,17,18). The van der Waals surface area contributed by atoms with Crippen LogP contribution in [-0.4, -0.2) is 18.3 Å². The van der Waals surface area contributed by atoms with Crippen LogP contribution in [0.4, 0.5) is 19.3 Å². The van der Waals surface area contributed by atoms with E-state index in [0.29, 0.717) is 5.56 Å². The summed E-state index contributed by atoms with van der Waals surface area (Å²) in [5, 5.41) is 2.18. The number of ether oxygens (including phenoxy) is 1. The fraction of sp³-hybridized carbons (Fsp3) is 0.462. The van der Waals surface area contributed by atoms with E-state index in [-0.39, 0.29) is 18.7 Å². The van der Waals surface area contributed by atoms with E-state index >= 15 is 0 Å². The van der Waals surface area contributed by atoms with Gasteiger partial charge in [-0.1, -0.05) is 0 Å². The van der Waals surface area contributed by atoms with Gasteiger partial charge in [0.15, 0.2) is 11.6 Å². The summed E-state index contributed by atoms with van der Waals surface area (Å²) in [6.45, 7) is 5.15. The number of halogens is 2. The first-order valence-corrected chi connectivity index (χ1v) is 6.02. The van der Waals surface area contributed by atoms with Crippen molar-refractivity contribution >= 4 is 11.8 Å². The average molecular weight is 288 g/mol. The Hall–Kier alpha value is -1.73. The van der Waals surface area contributed by atoms with E-state index in [9.17, 15) is 13.6 Å². The van der Waals surface area contributed by atoms with Crippen LogP contribution in [0.15, 0.2) is 12.1 Å². The first-order valence-electron chi connectivity index (χ1n) is 6.02. The van der Waals surface area contributed by atoms with Crippen LogP contribution in [0.1, 0.15) is 26.3 Å². The molecule has 0 unspecified atom stereocenters. The third-order valence-corrected chi connectivity index (χ3v) is 2.23. The highest BCUT2D eigenvalue weighted by Gasteiger charge is 2.19. The highest BCUT2D eigenvalue weighted by Crippen LogP contribution is 2.21. The van der Waals surface area contributed by atoms with Crippen LogP contribution < -0.4 is 11.2 Å². The van der Waals surface area contributed by atoms with Gasteiger partial charge in [-0.15, -0.1) is 0 Å². The molecule has 0 bridgehead atoms. The number of carbonyl (C=O) groups excluding carboxylic acids is 1. The van der Waals surface area contributed by atoms with Gasteiger partial charge in [0.2, 0.25) is 0 Å². The average Bonchev–Trinajstić information content (AvgIpc) is 2.30. The molecule has 1 amide bonds. The van der Waals surface area contributed by atoms with Gasteiger partial charge >= 0.3 is 6.09 Å². The van der Waals surface area contributed by atoms with Crippen LogP contribution in [0.2, 0.25) is 0 Å². The second kappa shape index (κ2) is 6.62. The van der Waals surface area contributed by atoms with Gasteiger partial charge in [0.1, 0.15) is 5.60 Å². The maximum absolute atomic E-state index is 13.6. The van der Waals surface area contributed by atoms with Crippen molar-refractivity contribution in [3.63, 3.8) is 0 Å². The molecule has 0 atom stereocenters. The highest BCUT2D eigenvalue weighted by atomic mass is 19.2. The number of anilines is 1. The number of carbonyl (C=O) groups is 1. The predicted octanol–water partition coefficient (Wildman–Crippen LogP) is 2.74. The minimum absolute atomic E-state index is 0.150. The number of hydrogen-bond donors (Lipinski definition) is 2. The van der Waals surface area contributed by atoms with Crippen LogP contribution in [0.3, 0.4) is 0 Å². The molecule has 112 valence electrons. The molecule has 3 N–H and O–H groups in total. The number of amides is 1. The highest BCUT2D eigenvalue weighted by molar-refractivity contribution is 5.85. The molecule has 20 heavy (non-hydrogen) atoms. The predicted molar refractivity (Wildman–Crippen MR) is 70.1 cm³/mol. The first kappa shape index (κ1) is 16.3. The molecule has 0 radical (unpaired) electrons. The lowest BCUT2D eigenvalue weighted by molar-refractivity contribution is 0.0635. The Kier molecular flexibility index (Phi) is 5.41. The maximum Gasteiger partial charge on any atom is 0.412 e. The number of nitrogens with two attached hydrogens (primary N) is 1. The summed E-state index contributed by atoms with van der Waals surface area (Å²) in [5.74, 6) is 2.67. The molecular weight excluding hydrogens is 270 g/mol. The van der Waals surface area contributed by atoms with Crippen molar-refractivity contribution in [1.82, 2.24) is 0 Å². The minimum Gasteiger partial charge on any atom is -0.444 e. The molecule has 0 aliphatic heterocycles. The third kappa shape index (κ3) is 5.10. The Balaban J connectivity index is 2.88. The molecule has 7 heteroatoms. The first-order chi connectivity index (χ1) is 9.23. The number of nitrogens with one attached hydrogen (secondary N) is 1. The zero-order valence-electron chi connectivity index (χ0n) is 11.6. The van der Waals surface area contributed by atoms with E-state index in [1.807, 2.05) is 0 Å². The molecule has 0 heterocycles. The van der Waals surface area contributed by atoms with Crippen molar-refractivity contribution in [2.45, 2.75) is 32.8 Å². The van der Waals surface area contributed by atoms with Crippen molar-refractivity contribution in [2.24, 2.45) is 5.90 Å². The Morgan fingerprint density at radius 1 is 1.35 bits per heavy atom. The fourth-order valence-corrected chi connectivity index (χ4v) is 1.47. The van der Waals surface area contributed by atoms with Crippen molar-refractivity contribution in [1.29, 1.82) is 0 Å². The second-order valence-electron chi connectivity index (χ2n) is 5.19. The van der Waals surface area contributed by atoms with Crippen molar-refractivity contribution in [3.05, 3.63) is 29.3 Å². The summed E-state index contributed by atoms with van der Waals surface area (Å²) in [4.78, 5) is 15.9. The van der Waals surface area contributed by atoms with Gasteiger partial charge in [0.25, 0.3) is 0 Å². The molecule has 0 aromatic heterocycles. The smallest absolute Gasteiger partial charge is 0.412 e. The van der Waals surface area contributed by atoms with Gasteiger partial charge < -0.3 is 9.57 Å². The number of hydrogen-bond acceptors (Lipinski definition) is 4. The van der Waals surface area contributed by atoms with Crippen LogP contribution in [0.25, 0.3) is 0 Å². The van der Waals surface area contributed by atoms with E-state index in [4.69, 9.17) is 10.6 Å². The monoisotopic (exact) mass is 288 g/mol. The van der Waals surface area contributed by atoms with Crippen LogP contribution in [0, 0.1) is 11.6 Å². The molecule has 0 saturated carbocycles. The summed E-state index contributed by atoms with van der Waals surface area (Å²) in [6, 6.07) is 2.33. The third-order valence-electron chi connectivity index (χ3n) is 2.23. The van der Waals surface area contributed by atoms with Crippen molar-refractivity contribution in [3.8, 4) is 0 Å². The Bertz CT molecular complexity index is 487. The molecule has 0 aliphatic carbocycles. The van der Waals surface area contributed by atoms with Crippen LogP contribution >= 0.6 is 0 Å². The fourth-order valence-electron chi connectivity index (χ4n) is 1.47. The van der Waals surface area contributed by atoms with Crippen LogP contribution in [0.5, 0.6) is 0 Å². The molecule has 0 saturated heterocycles. The van der Waals surface area contributed by atoms with Crippen molar-refractivity contribution in [2.75, 3.05) is 11.9 Å². The lowest BCUT2D eigenvalue weighted by Gasteiger charge is -2.20. The van der Waals surface area contributed by atoms with E-state index in [0.717, 1.165) is 6.07 Å². The number of rotatable bonds is 4. The van der Waals surface area contributed by atoms with E-state index < -0.39 is 23.3 Å². The van der Waals surface area contributed by atoms with E-state index in [1.165, 1.54) is 6.07 Å². The second-order valence-corrected chi connectivity index (χ2v) is 5.19. The number of benzene rings is 1. The molecule has 0 aliphatic rings. The molecule has 1 aromatic carbocycles. The summed E-state index contributed by atoms with van der Waals surface area (Å²) >= 11 is 0.